The number of carbonyl (C=O) groups is 3. The Hall–Kier alpha value is -5.35. The minimum atomic E-state index is -1.09. The van der Waals surface area contributed by atoms with E-state index in [0.717, 1.165) is 4.90 Å². The van der Waals surface area contributed by atoms with Gasteiger partial charge in [-0.25, -0.2) is 14.8 Å². The first-order valence-corrected chi connectivity index (χ1v) is 12.4. The number of nitro benzene ring substituents is 1. The van der Waals surface area contributed by atoms with Crippen molar-refractivity contribution in [1.29, 1.82) is 0 Å². The number of nitrogens with zero attached hydrogens (tertiary/aromatic N) is 3. The standard InChI is InChI=1S/C30H21N3O7/c34-28-25-26(19-11-17-24(18-12-19)39-30(36)20-7-3-1-4-8-20)32(22-9-5-2-6-10-22)40-27(25)29(35)31(28)21-13-15-23(16-14-21)33(37)38/h1-18,25-27H. The van der Waals surface area contributed by atoms with Crippen molar-refractivity contribution in [2.24, 2.45) is 5.92 Å². The van der Waals surface area contributed by atoms with Crippen molar-refractivity contribution in [1.82, 2.24) is 0 Å². The Morgan fingerprint density at radius 1 is 0.775 bits per heavy atom. The molecule has 0 spiro atoms. The van der Waals surface area contributed by atoms with Crippen LogP contribution in [-0.4, -0.2) is 28.8 Å². The van der Waals surface area contributed by atoms with E-state index in [1.54, 1.807) is 59.7 Å². The molecule has 0 aromatic heterocycles. The zero-order valence-electron chi connectivity index (χ0n) is 20.8. The van der Waals surface area contributed by atoms with Crippen LogP contribution in [0, 0.1) is 16.0 Å². The minimum absolute atomic E-state index is 0.152. The summed E-state index contributed by atoms with van der Waals surface area (Å²) in [5.74, 6) is -2.10. The summed E-state index contributed by atoms with van der Waals surface area (Å²) in [6.07, 6.45) is -1.09. The molecule has 3 unspecified atom stereocenters. The molecule has 4 aromatic carbocycles. The van der Waals surface area contributed by atoms with Crippen molar-refractivity contribution >= 4 is 34.8 Å². The summed E-state index contributed by atoms with van der Waals surface area (Å²) in [4.78, 5) is 57.3. The van der Waals surface area contributed by atoms with Gasteiger partial charge in [0.25, 0.3) is 11.6 Å². The van der Waals surface area contributed by atoms with Gasteiger partial charge in [-0.3, -0.25) is 24.5 Å². The summed E-state index contributed by atoms with van der Waals surface area (Å²) < 4.78 is 5.49. The first-order valence-electron chi connectivity index (χ1n) is 12.4. The number of nitro groups is 1. The average molecular weight is 536 g/mol. The Morgan fingerprint density at radius 3 is 2.02 bits per heavy atom. The third-order valence-electron chi connectivity index (χ3n) is 6.89. The number of para-hydroxylation sites is 1. The molecule has 0 N–H and O–H groups in total. The highest BCUT2D eigenvalue weighted by atomic mass is 16.7. The number of hydrogen-bond acceptors (Lipinski definition) is 8. The van der Waals surface area contributed by atoms with E-state index in [9.17, 15) is 24.5 Å². The number of imide groups is 1. The van der Waals surface area contributed by atoms with E-state index in [4.69, 9.17) is 9.57 Å². The van der Waals surface area contributed by atoms with E-state index in [1.165, 1.54) is 24.3 Å². The molecule has 40 heavy (non-hydrogen) atoms. The van der Waals surface area contributed by atoms with Gasteiger partial charge in [-0.2, -0.15) is 0 Å². The van der Waals surface area contributed by atoms with Gasteiger partial charge in [0.05, 0.1) is 27.9 Å². The van der Waals surface area contributed by atoms with Crippen LogP contribution in [0.4, 0.5) is 17.1 Å². The fraction of sp³-hybridized carbons (Fsp3) is 0.100. The molecule has 2 fully saturated rings. The highest BCUT2D eigenvalue weighted by Gasteiger charge is 2.60. The molecule has 2 heterocycles. The van der Waals surface area contributed by atoms with Crippen LogP contribution < -0.4 is 14.7 Å². The van der Waals surface area contributed by atoms with Crippen molar-refractivity contribution in [3.63, 3.8) is 0 Å². The number of non-ortho nitro benzene ring substituents is 1. The number of hydroxylamine groups is 1. The first kappa shape index (κ1) is 25.0. The Kier molecular flexibility index (Phi) is 6.29. The van der Waals surface area contributed by atoms with Gasteiger partial charge in [-0.15, -0.1) is 0 Å². The number of carbonyl (C=O) groups excluding carboxylic acids is 3. The second-order valence-electron chi connectivity index (χ2n) is 9.27. The molecule has 4 aromatic rings. The fourth-order valence-electron chi connectivity index (χ4n) is 5.00. The fourth-order valence-corrected chi connectivity index (χ4v) is 5.00. The van der Waals surface area contributed by atoms with Crippen LogP contribution in [0.15, 0.2) is 109 Å². The van der Waals surface area contributed by atoms with Crippen LogP contribution >= 0.6 is 0 Å². The molecule has 2 aliphatic heterocycles. The normalized spacial score (nSPS) is 19.9. The maximum absolute atomic E-state index is 13.7. The van der Waals surface area contributed by atoms with E-state index in [2.05, 4.69) is 0 Å². The molecule has 6 rings (SSSR count). The van der Waals surface area contributed by atoms with E-state index >= 15 is 0 Å². The molecule has 0 radical (unpaired) electrons. The van der Waals surface area contributed by atoms with Gasteiger partial charge in [0.2, 0.25) is 5.91 Å². The zero-order chi connectivity index (χ0) is 27.8. The van der Waals surface area contributed by atoms with Crippen LogP contribution in [0.3, 0.4) is 0 Å². The number of ether oxygens (including phenoxy) is 1. The van der Waals surface area contributed by atoms with Gasteiger partial charge in [0.15, 0.2) is 6.10 Å². The lowest BCUT2D eigenvalue weighted by molar-refractivity contribution is -0.384. The smallest absolute Gasteiger partial charge is 0.343 e. The third kappa shape index (κ3) is 4.36. The van der Waals surface area contributed by atoms with E-state index in [1.807, 2.05) is 30.3 Å². The van der Waals surface area contributed by atoms with Crippen LogP contribution in [0.5, 0.6) is 5.75 Å². The van der Waals surface area contributed by atoms with Gasteiger partial charge >= 0.3 is 5.97 Å². The lowest BCUT2D eigenvalue weighted by Crippen LogP contribution is -2.37. The maximum atomic E-state index is 13.7. The molecule has 3 atom stereocenters. The predicted octanol–water partition coefficient (Wildman–Crippen LogP) is 4.87. The summed E-state index contributed by atoms with van der Waals surface area (Å²) in [6, 6.07) is 29.0. The van der Waals surface area contributed by atoms with Gasteiger partial charge in [0.1, 0.15) is 11.7 Å². The average Bonchev–Trinajstić information content (AvgIpc) is 3.50. The van der Waals surface area contributed by atoms with Crippen LogP contribution in [0.25, 0.3) is 0 Å². The maximum Gasteiger partial charge on any atom is 0.343 e. The first-order chi connectivity index (χ1) is 19.4. The van der Waals surface area contributed by atoms with Gasteiger partial charge in [-0.1, -0.05) is 48.5 Å². The molecule has 2 aliphatic rings. The van der Waals surface area contributed by atoms with Crippen molar-refractivity contribution in [2.75, 3.05) is 9.96 Å². The van der Waals surface area contributed by atoms with E-state index < -0.39 is 40.8 Å². The largest absolute Gasteiger partial charge is 0.423 e. The second-order valence-corrected chi connectivity index (χ2v) is 9.27. The van der Waals surface area contributed by atoms with Crippen molar-refractivity contribution in [3.8, 4) is 5.75 Å². The molecular formula is C30H21N3O7. The summed E-state index contributed by atoms with van der Waals surface area (Å²) in [7, 11) is 0. The zero-order valence-corrected chi connectivity index (χ0v) is 20.8. The summed E-state index contributed by atoms with van der Waals surface area (Å²) in [5, 5.41) is 12.6. The number of rotatable bonds is 6. The van der Waals surface area contributed by atoms with Crippen LogP contribution in [-0.2, 0) is 14.4 Å². The second kappa shape index (κ2) is 10.1. The van der Waals surface area contributed by atoms with Crippen LogP contribution in [0.2, 0.25) is 0 Å². The van der Waals surface area contributed by atoms with E-state index in [0.29, 0.717) is 22.6 Å². The molecule has 0 aliphatic carbocycles. The number of fused-ring (bicyclic) bond motifs is 1. The molecule has 2 saturated heterocycles. The van der Waals surface area contributed by atoms with Gasteiger partial charge in [0, 0.05) is 12.1 Å². The Balaban J connectivity index is 1.32. The summed E-state index contributed by atoms with van der Waals surface area (Å²) in [6.45, 7) is 0. The monoisotopic (exact) mass is 535 g/mol. The Morgan fingerprint density at radius 2 is 1.40 bits per heavy atom. The van der Waals surface area contributed by atoms with E-state index in [-0.39, 0.29) is 11.4 Å². The predicted molar refractivity (Wildman–Crippen MR) is 143 cm³/mol. The highest BCUT2D eigenvalue weighted by molar-refractivity contribution is 6.24. The number of anilines is 2. The summed E-state index contributed by atoms with van der Waals surface area (Å²) >= 11 is 0. The van der Waals surface area contributed by atoms with Crippen molar-refractivity contribution in [3.05, 3.63) is 130 Å². The number of esters is 1. The number of benzene rings is 4. The van der Waals surface area contributed by atoms with Gasteiger partial charge < -0.3 is 4.74 Å². The topological polar surface area (TPSA) is 119 Å². The van der Waals surface area contributed by atoms with Crippen molar-refractivity contribution in [2.45, 2.75) is 12.1 Å². The Bertz CT molecular complexity index is 1590. The minimum Gasteiger partial charge on any atom is -0.423 e. The Labute approximate surface area is 228 Å². The van der Waals surface area contributed by atoms with Crippen molar-refractivity contribution < 1.29 is 28.9 Å². The highest BCUT2D eigenvalue weighted by Crippen LogP contribution is 2.47. The summed E-state index contributed by atoms with van der Waals surface area (Å²) in [5.41, 5.74) is 1.81. The third-order valence-corrected chi connectivity index (χ3v) is 6.89. The van der Waals surface area contributed by atoms with Crippen LogP contribution in [0.1, 0.15) is 22.0 Å². The molecule has 198 valence electrons. The molecule has 10 heteroatoms. The molecular weight excluding hydrogens is 514 g/mol. The molecule has 0 saturated carbocycles. The molecule has 10 nitrogen and oxygen atoms in total. The molecule has 2 amide bonds. The quantitative estimate of drug-likeness (QED) is 0.113. The molecule has 0 bridgehead atoms. The lowest BCUT2D eigenvalue weighted by atomic mass is 9.90. The number of amides is 2. The lowest BCUT2D eigenvalue weighted by Gasteiger charge is -2.28. The van der Waals surface area contributed by atoms with Gasteiger partial charge in [-0.05, 0) is 54.1 Å². The SMILES string of the molecule is O=C(Oc1ccc(C2C3C(=O)N(c4ccc([N+](=O)[O-])cc4)C(=O)C3ON2c2ccccc2)cc1)c1ccccc1. The number of hydrogen-bond donors (Lipinski definition) is 0.